The van der Waals surface area contributed by atoms with Gasteiger partial charge in [-0.15, -0.1) is 0 Å². The largest absolute Gasteiger partial charge is 0.494 e. The van der Waals surface area contributed by atoms with Gasteiger partial charge in [-0.05, 0) is 37.6 Å². The Kier molecular flexibility index (Phi) is 10.1. The maximum Gasteiger partial charge on any atom is 0.373 e. The molecule has 0 aromatic heterocycles. The molecule has 0 fully saturated rings. The van der Waals surface area contributed by atoms with Gasteiger partial charge >= 0.3 is 5.97 Å². The summed E-state index contributed by atoms with van der Waals surface area (Å²) >= 11 is 0. The first-order valence-electron chi connectivity index (χ1n) is 8.26. The number of rotatable bonds is 12. The van der Waals surface area contributed by atoms with Crippen LogP contribution in [0.2, 0.25) is 0 Å². The zero-order chi connectivity index (χ0) is 16.9. The number of methoxy groups -OCH3 is 1. The van der Waals surface area contributed by atoms with E-state index < -0.39 is 5.97 Å². The minimum absolute atomic E-state index is 0.0717. The van der Waals surface area contributed by atoms with Crippen LogP contribution >= 0.6 is 0 Å². The predicted molar refractivity (Wildman–Crippen MR) is 88.5 cm³/mol. The van der Waals surface area contributed by atoms with Crippen molar-refractivity contribution in [3.63, 3.8) is 0 Å². The first kappa shape index (κ1) is 19.5. The molecular weight excluding hydrogens is 296 g/mol. The van der Waals surface area contributed by atoms with Crippen LogP contribution in [0.3, 0.4) is 0 Å². The third kappa shape index (κ3) is 8.57. The van der Waals surface area contributed by atoms with E-state index in [0.717, 1.165) is 12.2 Å². The van der Waals surface area contributed by atoms with Crippen molar-refractivity contribution in [2.45, 2.75) is 52.1 Å². The van der Waals surface area contributed by atoms with Crippen molar-refractivity contribution >= 4 is 5.97 Å². The van der Waals surface area contributed by atoms with Gasteiger partial charge in [0.1, 0.15) is 5.75 Å². The molecule has 130 valence electrons. The molecule has 0 saturated carbocycles. The second-order valence-corrected chi connectivity index (χ2v) is 5.46. The first-order valence-corrected chi connectivity index (χ1v) is 8.26. The number of carbonyl (C=O) groups is 1. The van der Waals surface area contributed by atoms with E-state index in [1.165, 1.54) is 19.3 Å². The van der Waals surface area contributed by atoms with Crippen molar-refractivity contribution in [2.75, 3.05) is 20.3 Å². The van der Waals surface area contributed by atoms with Crippen molar-refractivity contribution in [1.29, 1.82) is 0 Å². The summed E-state index contributed by atoms with van der Waals surface area (Å²) in [5.41, 5.74) is 0.433. The summed E-state index contributed by atoms with van der Waals surface area (Å²) in [5, 5.41) is 0. The van der Waals surface area contributed by atoms with Gasteiger partial charge in [-0.1, -0.05) is 26.2 Å². The van der Waals surface area contributed by atoms with Crippen molar-refractivity contribution in [3.05, 3.63) is 29.8 Å². The molecule has 5 heteroatoms. The Bertz CT molecular complexity index is 430. The van der Waals surface area contributed by atoms with E-state index in [4.69, 9.17) is 19.2 Å². The van der Waals surface area contributed by atoms with E-state index in [1.807, 2.05) is 6.92 Å². The molecular formula is C18H28O5. The summed E-state index contributed by atoms with van der Waals surface area (Å²) < 4.78 is 10.7. The van der Waals surface area contributed by atoms with Crippen LogP contribution in [0.5, 0.6) is 5.75 Å². The van der Waals surface area contributed by atoms with Gasteiger partial charge in [0.05, 0.1) is 24.9 Å². The Hall–Kier alpha value is -1.59. The van der Waals surface area contributed by atoms with E-state index in [1.54, 1.807) is 31.4 Å². The Morgan fingerprint density at radius 2 is 1.83 bits per heavy atom. The smallest absolute Gasteiger partial charge is 0.373 e. The average molecular weight is 324 g/mol. The van der Waals surface area contributed by atoms with E-state index >= 15 is 0 Å². The van der Waals surface area contributed by atoms with Gasteiger partial charge in [0, 0.05) is 13.5 Å². The quantitative estimate of drug-likeness (QED) is 0.328. The molecule has 0 N–H and O–H groups in total. The molecule has 0 bridgehead atoms. The van der Waals surface area contributed by atoms with Gasteiger partial charge in [-0.3, -0.25) is 4.89 Å². The molecule has 0 amide bonds. The topological polar surface area (TPSA) is 54.0 Å². The fraction of sp³-hybridized carbons (Fsp3) is 0.611. The van der Waals surface area contributed by atoms with Gasteiger partial charge in [-0.2, -0.15) is 4.89 Å². The SMILES string of the molecule is CCCCCCOc1ccc(C(=O)OOCCC(C)OC)cc1. The standard InChI is InChI=1S/C18H28O5/c1-4-5-6-7-13-21-17-10-8-16(9-11-17)18(19)23-22-14-12-15(2)20-3/h8-11,15H,4-7,12-14H2,1-3H3. The highest BCUT2D eigenvalue weighted by molar-refractivity contribution is 5.89. The average Bonchev–Trinajstić information content (AvgIpc) is 2.58. The second-order valence-electron chi connectivity index (χ2n) is 5.46. The maximum absolute atomic E-state index is 11.8. The molecule has 1 unspecified atom stereocenters. The van der Waals surface area contributed by atoms with E-state index in [2.05, 4.69) is 6.92 Å². The predicted octanol–water partition coefficient (Wildman–Crippen LogP) is 4.16. The second kappa shape index (κ2) is 11.9. The summed E-state index contributed by atoms with van der Waals surface area (Å²) in [6.45, 7) is 5.11. The molecule has 0 radical (unpaired) electrons. The third-order valence-electron chi connectivity index (χ3n) is 3.50. The lowest BCUT2D eigenvalue weighted by atomic mass is 10.2. The van der Waals surface area contributed by atoms with Gasteiger partial charge in [0.2, 0.25) is 0 Å². The highest BCUT2D eigenvalue weighted by Gasteiger charge is 2.09. The van der Waals surface area contributed by atoms with Crippen LogP contribution in [-0.2, 0) is 14.5 Å². The zero-order valence-electron chi connectivity index (χ0n) is 14.4. The number of ether oxygens (including phenoxy) is 2. The fourth-order valence-electron chi connectivity index (χ4n) is 1.88. The van der Waals surface area contributed by atoms with E-state index in [0.29, 0.717) is 25.2 Å². The number of hydrogen-bond donors (Lipinski definition) is 0. The summed E-state index contributed by atoms with van der Waals surface area (Å²) in [7, 11) is 1.63. The molecule has 5 nitrogen and oxygen atoms in total. The minimum atomic E-state index is -0.510. The van der Waals surface area contributed by atoms with Crippen LogP contribution < -0.4 is 4.74 Å². The minimum Gasteiger partial charge on any atom is -0.494 e. The summed E-state index contributed by atoms with van der Waals surface area (Å²) in [4.78, 5) is 21.4. The molecule has 0 aliphatic carbocycles. The highest BCUT2D eigenvalue weighted by atomic mass is 17.2. The molecule has 1 aromatic rings. The maximum atomic E-state index is 11.8. The van der Waals surface area contributed by atoms with Crippen molar-refractivity contribution < 1.29 is 24.0 Å². The van der Waals surface area contributed by atoms with Crippen molar-refractivity contribution in [3.8, 4) is 5.75 Å². The lowest BCUT2D eigenvalue weighted by molar-refractivity contribution is -0.244. The number of hydrogen-bond acceptors (Lipinski definition) is 5. The van der Waals surface area contributed by atoms with Crippen LogP contribution in [0.1, 0.15) is 56.3 Å². The molecule has 0 heterocycles. The van der Waals surface area contributed by atoms with Crippen LogP contribution in [0, 0.1) is 0 Å². The molecule has 0 spiro atoms. The molecule has 0 saturated heterocycles. The fourth-order valence-corrected chi connectivity index (χ4v) is 1.88. The highest BCUT2D eigenvalue weighted by Crippen LogP contribution is 2.14. The lowest BCUT2D eigenvalue weighted by Gasteiger charge is -2.09. The molecule has 1 aromatic carbocycles. The van der Waals surface area contributed by atoms with Gasteiger partial charge in [0.25, 0.3) is 0 Å². The van der Waals surface area contributed by atoms with Crippen LogP contribution in [0.15, 0.2) is 24.3 Å². The number of benzene rings is 1. The molecule has 0 aliphatic rings. The van der Waals surface area contributed by atoms with Crippen molar-refractivity contribution in [1.82, 2.24) is 0 Å². The van der Waals surface area contributed by atoms with E-state index in [-0.39, 0.29) is 6.10 Å². The Morgan fingerprint density at radius 3 is 2.48 bits per heavy atom. The molecule has 0 aliphatic heterocycles. The summed E-state index contributed by atoms with van der Waals surface area (Å²) in [6, 6.07) is 6.88. The monoisotopic (exact) mass is 324 g/mol. The van der Waals surface area contributed by atoms with Crippen molar-refractivity contribution in [2.24, 2.45) is 0 Å². The Morgan fingerprint density at radius 1 is 1.09 bits per heavy atom. The Balaban J connectivity index is 2.25. The Labute approximate surface area is 138 Å². The lowest BCUT2D eigenvalue weighted by Crippen LogP contribution is -2.12. The van der Waals surface area contributed by atoms with E-state index in [9.17, 15) is 4.79 Å². The summed E-state index contributed by atoms with van der Waals surface area (Å²) in [5.74, 6) is 0.248. The molecule has 1 atom stereocenters. The molecule has 23 heavy (non-hydrogen) atoms. The normalized spacial score (nSPS) is 12.0. The number of carbonyl (C=O) groups excluding carboxylic acids is 1. The first-order chi connectivity index (χ1) is 11.2. The van der Waals surface area contributed by atoms with Crippen LogP contribution in [-0.4, -0.2) is 32.4 Å². The van der Waals surface area contributed by atoms with Gasteiger partial charge in [0.15, 0.2) is 0 Å². The molecule has 1 rings (SSSR count). The number of unbranched alkanes of at least 4 members (excludes halogenated alkanes) is 3. The van der Waals surface area contributed by atoms with Crippen LogP contribution in [0.4, 0.5) is 0 Å². The van der Waals surface area contributed by atoms with Crippen LogP contribution in [0.25, 0.3) is 0 Å². The third-order valence-corrected chi connectivity index (χ3v) is 3.50. The zero-order valence-corrected chi connectivity index (χ0v) is 14.4. The summed E-state index contributed by atoms with van der Waals surface area (Å²) in [6.07, 6.45) is 5.41. The van der Waals surface area contributed by atoms with Gasteiger partial charge < -0.3 is 9.47 Å². The van der Waals surface area contributed by atoms with Gasteiger partial charge in [-0.25, -0.2) is 4.79 Å².